The van der Waals surface area contributed by atoms with E-state index in [-0.39, 0.29) is 22.5 Å². The SMILES string of the molecule is NNc1ncc(Br)c(Nc2ccc(Cl)cc2C(F)(F)F)n1. The van der Waals surface area contributed by atoms with Gasteiger partial charge >= 0.3 is 6.18 Å². The Morgan fingerprint density at radius 2 is 2.00 bits per heavy atom. The molecule has 5 nitrogen and oxygen atoms in total. The molecule has 1 heterocycles. The van der Waals surface area contributed by atoms with E-state index in [9.17, 15) is 13.2 Å². The number of hydrazine groups is 1. The lowest BCUT2D eigenvalue weighted by atomic mass is 10.1. The maximum absolute atomic E-state index is 13.0. The molecule has 4 N–H and O–H groups in total. The molecule has 0 spiro atoms. The number of aromatic nitrogens is 2. The molecule has 1 aromatic heterocycles. The van der Waals surface area contributed by atoms with E-state index in [0.717, 1.165) is 6.07 Å². The molecule has 0 atom stereocenters. The predicted octanol–water partition coefficient (Wildman–Crippen LogP) is 3.94. The summed E-state index contributed by atoms with van der Waals surface area (Å²) in [5.41, 5.74) is 1.12. The minimum absolute atomic E-state index is 0.0149. The summed E-state index contributed by atoms with van der Waals surface area (Å²) in [6, 6.07) is 3.40. The van der Waals surface area contributed by atoms with Gasteiger partial charge in [0, 0.05) is 11.2 Å². The van der Waals surface area contributed by atoms with Gasteiger partial charge in [-0.15, -0.1) is 0 Å². The maximum Gasteiger partial charge on any atom is 0.418 e. The lowest BCUT2D eigenvalue weighted by Gasteiger charge is -2.15. The molecule has 0 aliphatic carbocycles. The molecule has 0 aliphatic rings. The van der Waals surface area contributed by atoms with Crippen molar-refractivity contribution in [1.29, 1.82) is 0 Å². The molecule has 0 amide bonds. The zero-order chi connectivity index (χ0) is 15.6. The summed E-state index contributed by atoms with van der Waals surface area (Å²) in [6.07, 6.45) is -3.20. The number of alkyl halides is 3. The van der Waals surface area contributed by atoms with Gasteiger partial charge in [0.25, 0.3) is 0 Å². The first kappa shape index (κ1) is 15.8. The first-order chi connectivity index (χ1) is 9.81. The Kier molecular flexibility index (Phi) is 4.55. The van der Waals surface area contributed by atoms with E-state index in [1.807, 2.05) is 0 Å². The standard InChI is InChI=1S/C11H8BrClF3N5/c12-7-4-18-10(21-17)20-9(7)19-8-2-1-5(13)3-6(8)11(14,15)16/h1-4H,17H2,(H2,18,19,20,21). The number of anilines is 3. The fourth-order valence-corrected chi connectivity index (χ4v) is 1.97. The van der Waals surface area contributed by atoms with Crippen molar-refractivity contribution < 1.29 is 13.2 Å². The highest BCUT2D eigenvalue weighted by molar-refractivity contribution is 9.10. The molecule has 0 bridgehead atoms. The third-order valence-corrected chi connectivity index (χ3v) is 3.23. The smallest absolute Gasteiger partial charge is 0.339 e. The van der Waals surface area contributed by atoms with Gasteiger partial charge < -0.3 is 5.32 Å². The Morgan fingerprint density at radius 1 is 1.29 bits per heavy atom. The molecule has 2 aromatic rings. The van der Waals surface area contributed by atoms with Crippen LogP contribution in [0.15, 0.2) is 28.9 Å². The molecule has 10 heteroatoms. The Hall–Kier alpha value is -1.58. The Bertz CT molecular complexity index is 665. The van der Waals surface area contributed by atoms with Crippen LogP contribution in [0.4, 0.5) is 30.6 Å². The van der Waals surface area contributed by atoms with Gasteiger partial charge in [-0.25, -0.2) is 10.8 Å². The van der Waals surface area contributed by atoms with Gasteiger partial charge in [0.1, 0.15) is 5.82 Å². The monoisotopic (exact) mass is 381 g/mol. The highest BCUT2D eigenvalue weighted by atomic mass is 79.9. The van der Waals surface area contributed by atoms with Crippen molar-refractivity contribution in [3.05, 3.63) is 39.5 Å². The number of nitrogen functional groups attached to an aromatic ring is 1. The van der Waals surface area contributed by atoms with Crippen molar-refractivity contribution in [3.63, 3.8) is 0 Å². The van der Waals surface area contributed by atoms with Crippen LogP contribution in [-0.4, -0.2) is 9.97 Å². The third kappa shape index (κ3) is 3.74. The van der Waals surface area contributed by atoms with Crippen LogP contribution in [0.25, 0.3) is 0 Å². The second kappa shape index (κ2) is 6.04. The van der Waals surface area contributed by atoms with E-state index in [2.05, 4.69) is 36.6 Å². The number of nitrogens with one attached hydrogen (secondary N) is 2. The van der Waals surface area contributed by atoms with Crippen molar-refractivity contribution in [2.45, 2.75) is 6.18 Å². The summed E-state index contributed by atoms with van der Waals surface area (Å²) >= 11 is 8.76. The van der Waals surface area contributed by atoms with Gasteiger partial charge in [0.05, 0.1) is 15.7 Å². The van der Waals surface area contributed by atoms with E-state index in [0.29, 0.717) is 4.47 Å². The third-order valence-electron chi connectivity index (χ3n) is 2.41. The van der Waals surface area contributed by atoms with Crippen LogP contribution >= 0.6 is 27.5 Å². The number of nitrogens with two attached hydrogens (primary N) is 1. The molecular formula is C11H8BrClF3N5. The average molecular weight is 383 g/mol. The van der Waals surface area contributed by atoms with Crippen LogP contribution in [0.3, 0.4) is 0 Å². The highest BCUT2D eigenvalue weighted by Crippen LogP contribution is 2.38. The summed E-state index contributed by atoms with van der Waals surface area (Å²) in [7, 11) is 0. The van der Waals surface area contributed by atoms with Crippen molar-refractivity contribution in [3.8, 4) is 0 Å². The van der Waals surface area contributed by atoms with E-state index in [1.54, 1.807) is 0 Å². The van der Waals surface area contributed by atoms with Crippen LogP contribution in [0, 0.1) is 0 Å². The van der Waals surface area contributed by atoms with Crippen molar-refractivity contribution in [1.82, 2.24) is 9.97 Å². The fraction of sp³-hybridized carbons (Fsp3) is 0.0909. The first-order valence-corrected chi connectivity index (χ1v) is 6.61. The molecule has 2 rings (SSSR count). The maximum atomic E-state index is 13.0. The van der Waals surface area contributed by atoms with Crippen LogP contribution in [0.5, 0.6) is 0 Å². The van der Waals surface area contributed by atoms with Gasteiger partial charge in [-0.2, -0.15) is 18.2 Å². The first-order valence-electron chi connectivity index (χ1n) is 5.44. The number of rotatable bonds is 3. The van der Waals surface area contributed by atoms with E-state index >= 15 is 0 Å². The largest absolute Gasteiger partial charge is 0.418 e. The van der Waals surface area contributed by atoms with Gasteiger partial charge in [0.2, 0.25) is 5.95 Å². The van der Waals surface area contributed by atoms with E-state index in [1.165, 1.54) is 18.3 Å². The summed E-state index contributed by atoms with van der Waals surface area (Å²) in [5, 5.41) is 2.56. The van der Waals surface area contributed by atoms with Gasteiger partial charge in [-0.1, -0.05) is 11.6 Å². The summed E-state index contributed by atoms with van der Waals surface area (Å²) in [6.45, 7) is 0. The number of halogens is 5. The van der Waals surface area contributed by atoms with Crippen molar-refractivity contribution in [2.75, 3.05) is 10.7 Å². The van der Waals surface area contributed by atoms with Crippen molar-refractivity contribution >= 4 is 45.0 Å². The molecule has 0 unspecified atom stereocenters. The van der Waals surface area contributed by atoms with Crippen LogP contribution in [-0.2, 0) is 6.18 Å². The topological polar surface area (TPSA) is 75.9 Å². The molecule has 0 fully saturated rings. The Morgan fingerprint density at radius 3 is 2.62 bits per heavy atom. The Labute approximate surface area is 130 Å². The number of hydrogen-bond acceptors (Lipinski definition) is 5. The quantitative estimate of drug-likeness (QED) is 0.554. The number of hydrogen-bond donors (Lipinski definition) is 3. The summed E-state index contributed by atoms with van der Waals surface area (Å²) in [5.74, 6) is 5.35. The van der Waals surface area contributed by atoms with Gasteiger partial charge in [-0.05, 0) is 34.1 Å². The minimum Gasteiger partial charge on any atom is -0.339 e. The molecule has 0 saturated carbocycles. The minimum atomic E-state index is -4.55. The van der Waals surface area contributed by atoms with Gasteiger partial charge in [0.15, 0.2) is 0 Å². The van der Waals surface area contributed by atoms with Gasteiger partial charge in [-0.3, -0.25) is 5.43 Å². The van der Waals surface area contributed by atoms with Crippen LogP contribution in [0.1, 0.15) is 5.56 Å². The van der Waals surface area contributed by atoms with Crippen LogP contribution in [0.2, 0.25) is 5.02 Å². The lowest BCUT2D eigenvalue weighted by Crippen LogP contribution is -2.12. The average Bonchev–Trinajstić information content (AvgIpc) is 2.42. The molecule has 0 aliphatic heterocycles. The zero-order valence-corrected chi connectivity index (χ0v) is 12.5. The second-order valence-corrected chi connectivity index (χ2v) is 5.14. The lowest BCUT2D eigenvalue weighted by molar-refractivity contribution is -0.136. The second-order valence-electron chi connectivity index (χ2n) is 3.85. The van der Waals surface area contributed by atoms with Crippen LogP contribution < -0.4 is 16.6 Å². The molecule has 21 heavy (non-hydrogen) atoms. The molecule has 1 aromatic carbocycles. The zero-order valence-electron chi connectivity index (χ0n) is 10.2. The number of nitrogens with zero attached hydrogens (tertiary/aromatic N) is 2. The molecule has 0 radical (unpaired) electrons. The molecular weight excluding hydrogens is 375 g/mol. The van der Waals surface area contributed by atoms with Crippen molar-refractivity contribution in [2.24, 2.45) is 5.84 Å². The molecule has 0 saturated heterocycles. The van der Waals surface area contributed by atoms with E-state index in [4.69, 9.17) is 17.4 Å². The summed E-state index contributed by atoms with van der Waals surface area (Å²) in [4.78, 5) is 7.73. The van der Waals surface area contributed by atoms with E-state index < -0.39 is 11.7 Å². The normalized spacial score (nSPS) is 11.3. The Balaban J connectivity index is 2.45. The predicted molar refractivity (Wildman–Crippen MR) is 77.3 cm³/mol. The number of benzene rings is 1. The summed E-state index contributed by atoms with van der Waals surface area (Å²) < 4.78 is 39.4. The highest BCUT2D eigenvalue weighted by Gasteiger charge is 2.34. The fourth-order valence-electron chi connectivity index (χ4n) is 1.51. The molecule has 112 valence electrons.